The van der Waals surface area contributed by atoms with Crippen molar-refractivity contribution in [1.82, 2.24) is 4.90 Å². The van der Waals surface area contributed by atoms with Crippen LogP contribution < -0.4 is 0 Å². The van der Waals surface area contributed by atoms with Gasteiger partial charge >= 0.3 is 5.97 Å². The zero-order chi connectivity index (χ0) is 11.7. The van der Waals surface area contributed by atoms with E-state index in [9.17, 15) is 9.59 Å². The highest BCUT2D eigenvalue weighted by atomic mass is 79.9. The summed E-state index contributed by atoms with van der Waals surface area (Å²) in [7, 11) is 0. The number of carbonyl (C=O) groups excluding carboxylic acids is 1. The van der Waals surface area contributed by atoms with Crippen LogP contribution in [0.5, 0.6) is 0 Å². The molecule has 1 saturated heterocycles. The highest BCUT2D eigenvalue weighted by Crippen LogP contribution is 2.34. The maximum atomic E-state index is 11.3. The lowest BCUT2D eigenvalue weighted by Gasteiger charge is -2.39. The van der Waals surface area contributed by atoms with E-state index in [1.165, 1.54) is 4.90 Å². The van der Waals surface area contributed by atoms with Gasteiger partial charge in [0.05, 0.1) is 12.5 Å². The van der Waals surface area contributed by atoms with Crippen molar-refractivity contribution in [3.05, 3.63) is 34.3 Å². The predicted molar refractivity (Wildman–Crippen MR) is 60.8 cm³/mol. The van der Waals surface area contributed by atoms with Crippen LogP contribution in [0.15, 0.2) is 28.7 Å². The smallest absolute Gasteiger partial charge is 0.323 e. The van der Waals surface area contributed by atoms with Gasteiger partial charge < -0.3 is 10.0 Å². The summed E-state index contributed by atoms with van der Waals surface area (Å²) in [6.45, 7) is -0.223. The zero-order valence-electron chi connectivity index (χ0n) is 8.39. The van der Waals surface area contributed by atoms with Gasteiger partial charge in [-0.25, -0.2) is 0 Å². The van der Waals surface area contributed by atoms with Gasteiger partial charge in [-0.1, -0.05) is 28.1 Å². The first-order chi connectivity index (χ1) is 7.58. The lowest BCUT2D eigenvalue weighted by atomic mass is 9.94. The van der Waals surface area contributed by atoms with E-state index in [1.54, 1.807) is 0 Å². The van der Waals surface area contributed by atoms with Crippen LogP contribution in [-0.4, -0.2) is 28.4 Å². The van der Waals surface area contributed by atoms with Gasteiger partial charge in [-0.05, 0) is 17.7 Å². The Morgan fingerprint density at radius 3 is 2.56 bits per heavy atom. The number of carboxylic acid groups (broad SMARTS) is 1. The molecule has 0 spiro atoms. The number of hydrogen-bond donors (Lipinski definition) is 1. The SMILES string of the molecule is O=C(O)CN1C(=O)CC1c1ccc(Br)cc1. The summed E-state index contributed by atoms with van der Waals surface area (Å²) in [6.07, 6.45) is 0.398. The molecule has 0 aromatic heterocycles. The van der Waals surface area contributed by atoms with Crippen molar-refractivity contribution in [2.45, 2.75) is 12.5 Å². The van der Waals surface area contributed by atoms with Gasteiger partial charge in [0, 0.05) is 4.47 Å². The highest BCUT2D eigenvalue weighted by molar-refractivity contribution is 9.10. The minimum absolute atomic E-state index is 0.0864. The molecule has 1 fully saturated rings. The van der Waals surface area contributed by atoms with Crippen LogP contribution in [0.1, 0.15) is 18.0 Å². The van der Waals surface area contributed by atoms with Gasteiger partial charge in [-0.2, -0.15) is 0 Å². The summed E-state index contributed by atoms with van der Waals surface area (Å²) in [5.74, 6) is -1.08. The molecular formula is C11H10BrNO3. The molecule has 1 atom stereocenters. The van der Waals surface area contributed by atoms with Gasteiger partial charge in [0.1, 0.15) is 6.54 Å². The normalized spacial score (nSPS) is 19.4. The number of rotatable bonds is 3. The average Bonchev–Trinajstić information content (AvgIpc) is 2.24. The number of nitrogens with zero attached hydrogens (tertiary/aromatic N) is 1. The summed E-state index contributed by atoms with van der Waals surface area (Å²) >= 11 is 3.33. The topological polar surface area (TPSA) is 57.6 Å². The van der Waals surface area contributed by atoms with Crippen molar-refractivity contribution in [1.29, 1.82) is 0 Å². The summed E-state index contributed by atoms with van der Waals surface area (Å²) in [5, 5.41) is 8.67. The fraction of sp³-hybridized carbons (Fsp3) is 0.273. The Morgan fingerprint density at radius 1 is 1.44 bits per heavy atom. The molecule has 1 aromatic rings. The molecule has 0 radical (unpaired) electrons. The summed E-state index contributed by atoms with van der Waals surface area (Å²) in [5.41, 5.74) is 0.976. The minimum atomic E-state index is -0.977. The van der Waals surface area contributed by atoms with Crippen molar-refractivity contribution in [2.24, 2.45) is 0 Å². The molecule has 5 heteroatoms. The third kappa shape index (κ3) is 2.09. The molecule has 1 aliphatic heterocycles. The van der Waals surface area contributed by atoms with Crippen LogP contribution in [0.2, 0.25) is 0 Å². The third-order valence-electron chi connectivity index (χ3n) is 2.62. The Labute approximate surface area is 101 Å². The molecule has 1 N–H and O–H groups in total. The van der Waals surface area contributed by atoms with Crippen LogP contribution in [0, 0.1) is 0 Å². The number of β-lactam (4-membered cyclic amide) rings is 1. The predicted octanol–water partition coefficient (Wildman–Crippen LogP) is 1.81. The second-order valence-corrected chi connectivity index (χ2v) is 4.60. The number of carbonyl (C=O) groups is 2. The summed E-state index contributed by atoms with van der Waals surface area (Å²) < 4.78 is 0.965. The maximum Gasteiger partial charge on any atom is 0.323 e. The Morgan fingerprint density at radius 2 is 2.06 bits per heavy atom. The Bertz CT molecular complexity index is 429. The third-order valence-corrected chi connectivity index (χ3v) is 3.15. The molecule has 1 aliphatic rings. The number of likely N-dealkylation sites (tertiary alicyclic amines) is 1. The van der Waals surface area contributed by atoms with Gasteiger partial charge in [-0.15, -0.1) is 0 Å². The zero-order valence-corrected chi connectivity index (χ0v) is 9.98. The van der Waals surface area contributed by atoms with Crippen molar-refractivity contribution < 1.29 is 14.7 Å². The molecule has 1 unspecified atom stereocenters. The quantitative estimate of drug-likeness (QED) is 0.861. The molecule has 16 heavy (non-hydrogen) atoms. The summed E-state index contributed by atoms with van der Waals surface area (Å²) in [6, 6.07) is 7.48. The molecule has 0 saturated carbocycles. The average molecular weight is 284 g/mol. The Hall–Kier alpha value is -1.36. The number of aliphatic carboxylic acids is 1. The second-order valence-electron chi connectivity index (χ2n) is 3.69. The van der Waals surface area contributed by atoms with E-state index in [0.717, 1.165) is 10.0 Å². The first-order valence-corrected chi connectivity index (χ1v) is 5.64. The minimum Gasteiger partial charge on any atom is -0.480 e. The number of benzene rings is 1. The maximum absolute atomic E-state index is 11.3. The second kappa shape index (κ2) is 4.25. The molecule has 1 aromatic carbocycles. The van der Waals surface area contributed by atoms with Crippen molar-refractivity contribution in [3.63, 3.8) is 0 Å². The van der Waals surface area contributed by atoms with Gasteiger partial charge in [-0.3, -0.25) is 9.59 Å². The fourth-order valence-corrected chi connectivity index (χ4v) is 2.05. The van der Waals surface area contributed by atoms with Crippen molar-refractivity contribution in [2.75, 3.05) is 6.54 Å². The molecule has 0 aliphatic carbocycles. The van der Waals surface area contributed by atoms with E-state index in [2.05, 4.69) is 15.9 Å². The number of hydrogen-bond acceptors (Lipinski definition) is 2. The monoisotopic (exact) mass is 283 g/mol. The number of amides is 1. The highest BCUT2D eigenvalue weighted by Gasteiger charge is 2.37. The fourth-order valence-electron chi connectivity index (χ4n) is 1.78. The van der Waals surface area contributed by atoms with Gasteiger partial charge in [0.2, 0.25) is 5.91 Å². The largest absolute Gasteiger partial charge is 0.480 e. The molecule has 4 nitrogen and oxygen atoms in total. The molecule has 1 heterocycles. The van der Waals surface area contributed by atoms with E-state index in [-0.39, 0.29) is 18.5 Å². The summed E-state index contributed by atoms with van der Waals surface area (Å²) in [4.78, 5) is 23.2. The Kier molecular flexibility index (Phi) is 2.96. The van der Waals surface area contributed by atoms with E-state index in [0.29, 0.717) is 6.42 Å². The lowest BCUT2D eigenvalue weighted by Crippen LogP contribution is -2.48. The van der Waals surface area contributed by atoms with E-state index < -0.39 is 5.97 Å². The molecule has 84 valence electrons. The van der Waals surface area contributed by atoms with Gasteiger partial charge in [0.25, 0.3) is 0 Å². The lowest BCUT2D eigenvalue weighted by molar-refractivity contribution is -0.155. The van der Waals surface area contributed by atoms with Crippen molar-refractivity contribution >= 4 is 27.8 Å². The van der Waals surface area contributed by atoms with E-state index in [1.807, 2.05) is 24.3 Å². The van der Waals surface area contributed by atoms with Crippen LogP contribution in [0.4, 0.5) is 0 Å². The Balaban J connectivity index is 2.13. The molecule has 1 amide bonds. The van der Waals surface area contributed by atoms with Crippen LogP contribution in [-0.2, 0) is 9.59 Å². The molecule has 0 bridgehead atoms. The first-order valence-electron chi connectivity index (χ1n) is 4.84. The molecular weight excluding hydrogens is 274 g/mol. The van der Waals surface area contributed by atoms with Crippen LogP contribution >= 0.6 is 15.9 Å². The van der Waals surface area contributed by atoms with E-state index in [4.69, 9.17) is 5.11 Å². The standard InChI is InChI=1S/C11H10BrNO3/c12-8-3-1-7(2-4-8)9-5-10(14)13(9)6-11(15)16/h1-4,9H,5-6H2,(H,15,16). The van der Waals surface area contributed by atoms with E-state index >= 15 is 0 Å². The van der Waals surface area contributed by atoms with Crippen LogP contribution in [0.25, 0.3) is 0 Å². The first kappa shape index (κ1) is 11.1. The van der Waals surface area contributed by atoms with Crippen LogP contribution in [0.3, 0.4) is 0 Å². The number of halogens is 1. The molecule has 2 rings (SSSR count). The number of carboxylic acids is 1. The van der Waals surface area contributed by atoms with Gasteiger partial charge in [0.15, 0.2) is 0 Å². The van der Waals surface area contributed by atoms with Crippen molar-refractivity contribution in [3.8, 4) is 0 Å².